The summed E-state index contributed by atoms with van der Waals surface area (Å²) >= 11 is 0. The maximum Gasteiger partial charge on any atom is 0.437 e. The van der Waals surface area contributed by atoms with Gasteiger partial charge in [0, 0.05) is 11.6 Å². The molecule has 0 aliphatic carbocycles. The van der Waals surface area contributed by atoms with Crippen LogP contribution in [0, 0.1) is 16.0 Å². The van der Waals surface area contributed by atoms with Crippen LogP contribution in [0.15, 0.2) is 65.1 Å². The highest BCUT2D eigenvalue weighted by Crippen LogP contribution is 2.45. The van der Waals surface area contributed by atoms with Crippen molar-refractivity contribution in [2.75, 3.05) is 7.11 Å². The van der Waals surface area contributed by atoms with Crippen molar-refractivity contribution in [2.24, 2.45) is 5.92 Å². The molecule has 1 saturated heterocycles. The molecule has 4 rings (SSSR count). The molecule has 36 heavy (non-hydrogen) atoms. The van der Waals surface area contributed by atoms with E-state index >= 15 is 0 Å². The lowest BCUT2D eigenvalue weighted by Gasteiger charge is -2.44. The zero-order chi connectivity index (χ0) is 26.3. The molecule has 3 N–H and O–H groups in total. The number of carbonyl (C=O) groups excluding carboxylic acids is 2. The van der Waals surface area contributed by atoms with Gasteiger partial charge < -0.3 is 24.9 Å². The van der Waals surface area contributed by atoms with E-state index in [1.54, 1.807) is 0 Å². The molecule has 1 aliphatic rings. The van der Waals surface area contributed by atoms with Gasteiger partial charge in [-0.15, -0.1) is 0 Å². The number of nitrogens with one attached hydrogen (secondary N) is 2. The number of alkyl halides is 3. The number of hydrogen-bond acceptors (Lipinski definition) is 7. The molecule has 1 aliphatic heterocycles. The van der Waals surface area contributed by atoms with Crippen molar-refractivity contribution in [2.45, 2.75) is 17.9 Å². The third-order valence-corrected chi connectivity index (χ3v) is 5.76. The fraction of sp³-hybridized carbons (Fsp3) is 0.217. The molecule has 3 aromatic rings. The van der Waals surface area contributed by atoms with E-state index in [0.717, 1.165) is 0 Å². The van der Waals surface area contributed by atoms with Crippen LogP contribution in [0.2, 0.25) is 0 Å². The van der Waals surface area contributed by atoms with Gasteiger partial charge in [0.2, 0.25) is 5.72 Å². The molecule has 0 bridgehead atoms. The minimum Gasteiger partial charge on any atom is -0.497 e. The van der Waals surface area contributed by atoms with Crippen LogP contribution in [0.25, 0.3) is 11.3 Å². The third kappa shape index (κ3) is 4.24. The Labute approximate surface area is 200 Å². The highest BCUT2D eigenvalue weighted by atomic mass is 19.4. The average molecular weight is 505 g/mol. The van der Waals surface area contributed by atoms with Gasteiger partial charge in [-0.25, -0.2) is 4.79 Å². The number of urea groups is 1. The Bertz CT molecular complexity index is 1320. The fourth-order valence-electron chi connectivity index (χ4n) is 4.02. The van der Waals surface area contributed by atoms with Gasteiger partial charge in [-0.3, -0.25) is 14.9 Å². The number of rotatable bonds is 6. The second-order valence-corrected chi connectivity index (χ2v) is 7.89. The zero-order valence-electron chi connectivity index (χ0n) is 18.4. The summed E-state index contributed by atoms with van der Waals surface area (Å²) < 4.78 is 52.8. The molecule has 2 aromatic carbocycles. The first-order valence-corrected chi connectivity index (χ1v) is 10.4. The zero-order valence-corrected chi connectivity index (χ0v) is 18.4. The molecule has 2 amide bonds. The Morgan fingerprint density at radius 1 is 1.14 bits per heavy atom. The van der Waals surface area contributed by atoms with E-state index in [0.29, 0.717) is 5.75 Å². The van der Waals surface area contributed by atoms with E-state index in [4.69, 9.17) is 9.15 Å². The van der Waals surface area contributed by atoms with Crippen molar-refractivity contribution in [1.82, 2.24) is 10.6 Å². The highest BCUT2D eigenvalue weighted by molar-refractivity contribution is 6.00. The van der Waals surface area contributed by atoms with Gasteiger partial charge in [-0.05, 0) is 42.5 Å². The van der Waals surface area contributed by atoms with Gasteiger partial charge in [-0.2, -0.15) is 13.2 Å². The van der Waals surface area contributed by atoms with Gasteiger partial charge in [0.1, 0.15) is 29.2 Å². The summed E-state index contributed by atoms with van der Waals surface area (Å²) in [5, 5.41) is 25.7. The van der Waals surface area contributed by atoms with Crippen LogP contribution in [0.1, 0.15) is 22.2 Å². The molecular formula is C23H18F3N3O7. The number of para-hydroxylation sites is 1. The van der Waals surface area contributed by atoms with Gasteiger partial charge in [0.05, 0.1) is 17.6 Å². The molecule has 2 heterocycles. The smallest absolute Gasteiger partial charge is 0.437 e. The van der Waals surface area contributed by atoms with E-state index in [-0.39, 0.29) is 28.3 Å². The molecule has 10 nitrogen and oxygen atoms in total. The number of aliphatic hydroxyl groups is 1. The van der Waals surface area contributed by atoms with Crippen LogP contribution in [0.3, 0.4) is 0 Å². The Hall–Kier alpha value is -4.39. The molecule has 1 fully saturated rings. The number of ether oxygens (including phenoxy) is 1. The molecular weight excluding hydrogens is 487 g/mol. The predicted molar refractivity (Wildman–Crippen MR) is 117 cm³/mol. The lowest BCUT2D eigenvalue weighted by molar-refractivity contribution is -0.384. The van der Waals surface area contributed by atoms with Crippen molar-refractivity contribution in [1.29, 1.82) is 0 Å². The topological polar surface area (TPSA) is 144 Å². The third-order valence-electron chi connectivity index (χ3n) is 5.76. The molecule has 3 atom stereocenters. The van der Waals surface area contributed by atoms with E-state index < -0.39 is 40.6 Å². The first-order chi connectivity index (χ1) is 17.0. The Kier molecular flexibility index (Phi) is 6.18. The van der Waals surface area contributed by atoms with Crippen LogP contribution in [0.4, 0.5) is 23.7 Å². The molecule has 188 valence electrons. The number of nitro benzene ring substituents is 1. The van der Waals surface area contributed by atoms with E-state index in [9.17, 15) is 38.0 Å². The summed E-state index contributed by atoms with van der Waals surface area (Å²) in [5.41, 5.74) is -4.46. The van der Waals surface area contributed by atoms with E-state index in [2.05, 4.69) is 5.32 Å². The second kappa shape index (κ2) is 9.00. The van der Waals surface area contributed by atoms with Gasteiger partial charge in [-0.1, -0.05) is 12.1 Å². The second-order valence-electron chi connectivity index (χ2n) is 7.89. The van der Waals surface area contributed by atoms with Crippen LogP contribution in [-0.4, -0.2) is 40.9 Å². The highest BCUT2D eigenvalue weighted by Gasteiger charge is 2.66. The Morgan fingerprint density at radius 2 is 1.81 bits per heavy atom. The quantitative estimate of drug-likeness (QED) is 0.261. The number of furan rings is 1. The standard InChI is InChI=1S/C23H18F3N3O7/c1-35-13-8-6-12(7-9-13)20(30)18-19(27-21(31)28-22(18,32)23(24,25)26)17-11-10-16(36-17)14-4-2-3-5-15(14)29(33)34/h2-11,18-19,32H,1H3,(H2,27,28,31)/t18-,19-,22+/m1/s1. The largest absolute Gasteiger partial charge is 0.497 e. The maximum atomic E-state index is 14.1. The number of methoxy groups -OCH3 is 1. The normalized spacial score (nSPS) is 21.9. The summed E-state index contributed by atoms with van der Waals surface area (Å²) in [6.07, 6.45) is -5.45. The maximum absolute atomic E-state index is 14.1. The number of nitrogens with zero attached hydrogens (tertiary/aromatic N) is 1. The molecule has 0 spiro atoms. The molecule has 1 aromatic heterocycles. The number of carbonyl (C=O) groups is 2. The van der Waals surface area contributed by atoms with Crippen LogP contribution < -0.4 is 15.4 Å². The SMILES string of the molecule is COc1ccc(C(=O)[C@H]2[C@@H](c3ccc(-c4ccccc4[N+](=O)[O-])o3)NC(=O)N[C@@]2(O)C(F)(F)F)cc1. The van der Waals surface area contributed by atoms with Crippen molar-refractivity contribution in [3.8, 4) is 17.1 Å². The van der Waals surface area contributed by atoms with Crippen LogP contribution >= 0.6 is 0 Å². The number of hydrogen-bond donors (Lipinski definition) is 3. The minimum atomic E-state index is -5.45. The summed E-state index contributed by atoms with van der Waals surface area (Å²) in [6.45, 7) is 0. The molecule has 0 radical (unpaired) electrons. The number of benzene rings is 2. The van der Waals surface area contributed by atoms with Crippen molar-refractivity contribution in [3.05, 3.63) is 82.1 Å². The van der Waals surface area contributed by atoms with Crippen LogP contribution in [0.5, 0.6) is 5.75 Å². The van der Waals surface area contributed by atoms with E-state index in [1.165, 1.54) is 73.1 Å². The fourth-order valence-corrected chi connectivity index (χ4v) is 4.02. The first kappa shape index (κ1) is 24.7. The van der Waals surface area contributed by atoms with Crippen LogP contribution in [-0.2, 0) is 0 Å². The summed E-state index contributed by atoms with van der Waals surface area (Å²) in [5.74, 6) is -3.56. The number of Topliss-reactive ketones (excluding diaryl/α,β-unsaturated/α-hetero) is 1. The molecule has 13 heteroatoms. The van der Waals surface area contributed by atoms with Crippen molar-refractivity contribution < 1.29 is 41.9 Å². The predicted octanol–water partition coefficient (Wildman–Crippen LogP) is 3.97. The monoisotopic (exact) mass is 505 g/mol. The first-order valence-electron chi connectivity index (χ1n) is 10.4. The number of halogens is 3. The van der Waals surface area contributed by atoms with Gasteiger partial charge >= 0.3 is 12.2 Å². The Morgan fingerprint density at radius 3 is 2.42 bits per heavy atom. The average Bonchev–Trinajstić information content (AvgIpc) is 3.33. The van der Waals surface area contributed by atoms with Crippen molar-refractivity contribution in [3.63, 3.8) is 0 Å². The van der Waals surface area contributed by atoms with Gasteiger partial charge in [0.15, 0.2) is 5.78 Å². The molecule has 0 unspecified atom stereocenters. The van der Waals surface area contributed by atoms with Crippen molar-refractivity contribution >= 4 is 17.5 Å². The van der Waals surface area contributed by atoms with Gasteiger partial charge in [0.25, 0.3) is 5.69 Å². The lowest BCUT2D eigenvalue weighted by atomic mass is 9.79. The van der Waals surface area contributed by atoms with E-state index in [1.807, 2.05) is 0 Å². The number of nitro groups is 1. The summed E-state index contributed by atoms with van der Waals surface area (Å²) in [4.78, 5) is 36.2. The summed E-state index contributed by atoms with van der Waals surface area (Å²) in [6, 6.07) is 9.88. The molecule has 0 saturated carbocycles. The number of amides is 2. The Balaban J connectivity index is 1.82. The summed E-state index contributed by atoms with van der Waals surface area (Å²) in [7, 11) is 1.36. The lowest BCUT2D eigenvalue weighted by Crippen LogP contribution is -2.72. The minimum absolute atomic E-state index is 0.0260. The number of ketones is 1.